The second-order valence-electron chi connectivity index (χ2n) is 3.77. The zero-order valence-corrected chi connectivity index (χ0v) is 10.3. The maximum Gasteiger partial charge on any atom is 0.159 e. The van der Waals surface area contributed by atoms with Gasteiger partial charge >= 0.3 is 0 Å². The van der Waals surface area contributed by atoms with Crippen LogP contribution in [-0.2, 0) is 0 Å². The quantitative estimate of drug-likeness (QED) is 0.864. The van der Waals surface area contributed by atoms with Crippen LogP contribution in [0.25, 0.3) is 0 Å². The van der Waals surface area contributed by atoms with E-state index in [0.29, 0.717) is 11.3 Å². The molecular formula is C13H12F2N2S. The van der Waals surface area contributed by atoms with Gasteiger partial charge in [0.05, 0.1) is 0 Å². The van der Waals surface area contributed by atoms with Gasteiger partial charge in [-0.2, -0.15) is 0 Å². The molecule has 2 aromatic rings. The zero-order chi connectivity index (χ0) is 13.0. The van der Waals surface area contributed by atoms with Gasteiger partial charge in [0.15, 0.2) is 11.6 Å². The zero-order valence-electron chi connectivity index (χ0n) is 9.51. The molecule has 0 bridgehead atoms. The van der Waals surface area contributed by atoms with Gasteiger partial charge in [-0.1, -0.05) is 6.07 Å². The highest BCUT2D eigenvalue weighted by Gasteiger charge is 2.10. The molecule has 5 heteroatoms. The summed E-state index contributed by atoms with van der Waals surface area (Å²) < 4.78 is 25.8. The Kier molecular flexibility index (Phi) is 4.28. The second kappa shape index (κ2) is 5.93. The summed E-state index contributed by atoms with van der Waals surface area (Å²) in [6.07, 6.45) is 3.40. The molecule has 1 aromatic heterocycles. The number of nitrogens with zero attached hydrogens (tertiary/aromatic N) is 1. The van der Waals surface area contributed by atoms with Crippen molar-refractivity contribution in [3.05, 3.63) is 59.9 Å². The summed E-state index contributed by atoms with van der Waals surface area (Å²) in [5.41, 5.74) is 6.53. The minimum atomic E-state index is -0.864. The Hall–Kier alpha value is -1.46. The van der Waals surface area contributed by atoms with Crippen molar-refractivity contribution >= 4 is 11.8 Å². The predicted octanol–water partition coefficient (Wildman–Crippen LogP) is 3.15. The third kappa shape index (κ3) is 3.27. The Morgan fingerprint density at radius 1 is 1.11 bits per heavy atom. The van der Waals surface area contributed by atoms with Crippen LogP contribution in [0.4, 0.5) is 8.78 Å². The van der Waals surface area contributed by atoms with E-state index in [1.807, 2.05) is 12.1 Å². The Balaban J connectivity index is 1.99. The molecule has 1 aromatic carbocycles. The Morgan fingerprint density at radius 3 is 2.50 bits per heavy atom. The first-order valence-electron chi connectivity index (χ1n) is 5.40. The fraction of sp³-hybridized carbons (Fsp3) is 0.154. The van der Waals surface area contributed by atoms with Crippen molar-refractivity contribution in [1.29, 1.82) is 0 Å². The first kappa shape index (κ1) is 13.0. The Bertz CT molecular complexity index is 520. The average molecular weight is 266 g/mol. The summed E-state index contributed by atoms with van der Waals surface area (Å²) in [5, 5.41) is 0. The molecule has 1 unspecified atom stereocenters. The second-order valence-corrected chi connectivity index (χ2v) is 4.87. The fourth-order valence-corrected chi connectivity index (χ4v) is 2.34. The number of hydrogen-bond acceptors (Lipinski definition) is 3. The molecule has 0 radical (unpaired) electrons. The minimum Gasteiger partial charge on any atom is -0.323 e. The highest BCUT2D eigenvalue weighted by Crippen LogP contribution is 2.23. The Morgan fingerprint density at radius 2 is 1.83 bits per heavy atom. The molecule has 2 rings (SSSR count). The lowest BCUT2D eigenvalue weighted by Gasteiger charge is -2.11. The number of aromatic nitrogens is 1. The number of halogens is 2. The molecule has 0 aliphatic rings. The lowest BCUT2D eigenvalue weighted by Crippen LogP contribution is -2.13. The van der Waals surface area contributed by atoms with Crippen LogP contribution >= 0.6 is 11.8 Å². The van der Waals surface area contributed by atoms with Crippen LogP contribution in [0.15, 0.2) is 47.6 Å². The van der Waals surface area contributed by atoms with Crippen molar-refractivity contribution in [2.45, 2.75) is 10.9 Å². The molecule has 0 aliphatic carbocycles. The SMILES string of the molecule is NC(CSc1ccncc1)c1ccc(F)c(F)c1. The van der Waals surface area contributed by atoms with E-state index in [4.69, 9.17) is 5.73 Å². The van der Waals surface area contributed by atoms with Crippen LogP contribution in [0.1, 0.15) is 11.6 Å². The average Bonchev–Trinajstić information content (AvgIpc) is 2.40. The number of thioether (sulfide) groups is 1. The normalized spacial score (nSPS) is 12.4. The molecule has 94 valence electrons. The first-order chi connectivity index (χ1) is 8.66. The lowest BCUT2D eigenvalue weighted by molar-refractivity contribution is 0.506. The molecule has 2 nitrogen and oxygen atoms in total. The van der Waals surface area contributed by atoms with E-state index in [1.54, 1.807) is 24.2 Å². The van der Waals surface area contributed by atoms with Crippen molar-refractivity contribution in [3.8, 4) is 0 Å². The van der Waals surface area contributed by atoms with Crippen molar-refractivity contribution in [2.75, 3.05) is 5.75 Å². The summed E-state index contributed by atoms with van der Waals surface area (Å²) in [6.45, 7) is 0. The number of nitrogens with two attached hydrogens (primary N) is 1. The molecular weight excluding hydrogens is 254 g/mol. The number of pyridine rings is 1. The first-order valence-corrected chi connectivity index (χ1v) is 6.39. The third-order valence-electron chi connectivity index (χ3n) is 2.45. The number of benzene rings is 1. The Labute approximate surface area is 108 Å². The molecule has 0 saturated carbocycles. The smallest absolute Gasteiger partial charge is 0.159 e. The predicted molar refractivity (Wildman–Crippen MR) is 68.2 cm³/mol. The molecule has 1 atom stereocenters. The maximum absolute atomic E-state index is 13.1. The minimum absolute atomic E-state index is 0.335. The van der Waals surface area contributed by atoms with Gasteiger partial charge in [0, 0.05) is 29.1 Å². The van der Waals surface area contributed by atoms with Crippen LogP contribution in [0.3, 0.4) is 0 Å². The van der Waals surface area contributed by atoms with E-state index in [2.05, 4.69) is 4.98 Å². The standard InChI is InChI=1S/C13H12F2N2S/c14-11-2-1-9(7-12(11)15)13(16)8-18-10-3-5-17-6-4-10/h1-7,13H,8,16H2. The lowest BCUT2D eigenvalue weighted by atomic mass is 10.1. The van der Waals surface area contributed by atoms with Gasteiger partial charge in [-0.25, -0.2) is 8.78 Å². The molecule has 1 heterocycles. The molecule has 0 spiro atoms. The molecule has 0 aliphatic heterocycles. The van der Waals surface area contributed by atoms with Crippen LogP contribution in [0, 0.1) is 11.6 Å². The largest absolute Gasteiger partial charge is 0.323 e. The van der Waals surface area contributed by atoms with Crippen LogP contribution in [-0.4, -0.2) is 10.7 Å². The van der Waals surface area contributed by atoms with Gasteiger partial charge in [0.2, 0.25) is 0 Å². The molecule has 2 N–H and O–H groups in total. The van der Waals surface area contributed by atoms with Gasteiger partial charge < -0.3 is 5.73 Å². The van der Waals surface area contributed by atoms with Crippen LogP contribution in [0.5, 0.6) is 0 Å². The van der Waals surface area contributed by atoms with Crippen molar-refractivity contribution in [3.63, 3.8) is 0 Å². The summed E-state index contributed by atoms with van der Waals surface area (Å²) in [5.74, 6) is -1.13. The molecule has 18 heavy (non-hydrogen) atoms. The van der Waals surface area contributed by atoms with Gasteiger partial charge in [-0.05, 0) is 29.8 Å². The van der Waals surface area contributed by atoms with Crippen LogP contribution < -0.4 is 5.73 Å². The van der Waals surface area contributed by atoms with Gasteiger partial charge in [0.1, 0.15) is 0 Å². The summed E-state index contributed by atoms with van der Waals surface area (Å²) in [7, 11) is 0. The van der Waals surface area contributed by atoms with Crippen molar-refractivity contribution < 1.29 is 8.78 Å². The van der Waals surface area contributed by atoms with E-state index < -0.39 is 11.6 Å². The van der Waals surface area contributed by atoms with Gasteiger partial charge in [0.25, 0.3) is 0 Å². The van der Waals surface area contributed by atoms with E-state index in [9.17, 15) is 8.78 Å². The monoisotopic (exact) mass is 266 g/mol. The van der Waals surface area contributed by atoms with E-state index in [-0.39, 0.29) is 6.04 Å². The van der Waals surface area contributed by atoms with Crippen molar-refractivity contribution in [1.82, 2.24) is 4.98 Å². The van der Waals surface area contributed by atoms with Gasteiger partial charge in [-0.3, -0.25) is 4.98 Å². The summed E-state index contributed by atoms with van der Waals surface area (Å²) >= 11 is 1.55. The summed E-state index contributed by atoms with van der Waals surface area (Å²) in [4.78, 5) is 4.96. The molecule has 0 fully saturated rings. The molecule has 0 saturated heterocycles. The number of hydrogen-bond donors (Lipinski definition) is 1. The van der Waals surface area contributed by atoms with Crippen molar-refractivity contribution in [2.24, 2.45) is 5.73 Å². The highest BCUT2D eigenvalue weighted by molar-refractivity contribution is 7.99. The van der Waals surface area contributed by atoms with E-state index in [0.717, 1.165) is 17.0 Å². The van der Waals surface area contributed by atoms with Crippen LogP contribution in [0.2, 0.25) is 0 Å². The fourth-order valence-electron chi connectivity index (χ4n) is 1.46. The molecule has 0 amide bonds. The van der Waals surface area contributed by atoms with Gasteiger partial charge in [-0.15, -0.1) is 11.8 Å². The summed E-state index contributed by atoms with van der Waals surface area (Å²) in [6, 6.07) is 7.18. The highest BCUT2D eigenvalue weighted by atomic mass is 32.2. The topological polar surface area (TPSA) is 38.9 Å². The van der Waals surface area contributed by atoms with E-state index in [1.165, 1.54) is 6.07 Å². The third-order valence-corrected chi connectivity index (χ3v) is 3.58. The maximum atomic E-state index is 13.1. The van der Waals surface area contributed by atoms with E-state index >= 15 is 0 Å². The number of rotatable bonds is 4.